The van der Waals surface area contributed by atoms with Crippen LogP contribution in [-0.2, 0) is 14.8 Å². The maximum Gasteiger partial charge on any atom is 0.264 e. The van der Waals surface area contributed by atoms with Gasteiger partial charge in [0.05, 0.1) is 28.4 Å². The Morgan fingerprint density at radius 2 is 1.65 bits per heavy atom. The van der Waals surface area contributed by atoms with E-state index in [4.69, 9.17) is 27.9 Å². The van der Waals surface area contributed by atoms with Crippen LogP contribution >= 0.6 is 23.2 Å². The van der Waals surface area contributed by atoms with E-state index in [1.54, 1.807) is 48.5 Å². The van der Waals surface area contributed by atoms with Crippen molar-refractivity contribution in [2.75, 3.05) is 23.3 Å². The second-order valence-corrected chi connectivity index (χ2v) is 9.40. The number of rotatable bonds is 7. The molecule has 0 saturated carbocycles. The van der Waals surface area contributed by atoms with Crippen molar-refractivity contribution in [3.05, 3.63) is 82.3 Å². The Bertz CT molecular complexity index is 1180. The lowest BCUT2D eigenvalue weighted by Crippen LogP contribution is -2.38. The van der Waals surface area contributed by atoms with E-state index in [-0.39, 0.29) is 9.92 Å². The molecule has 0 heterocycles. The lowest BCUT2D eigenvalue weighted by molar-refractivity contribution is -0.114. The Balaban J connectivity index is 1.95. The summed E-state index contributed by atoms with van der Waals surface area (Å²) in [6.07, 6.45) is 0. The first kappa shape index (κ1) is 22.9. The molecule has 0 atom stereocenters. The fourth-order valence-electron chi connectivity index (χ4n) is 2.81. The van der Waals surface area contributed by atoms with Crippen LogP contribution in [0.5, 0.6) is 5.75 Å². The fraction of sp³-hybridized carbons (Fsp3) is 0.136. The predicted octanol–water partition coefficient (Wildman–Crippen LogP) is 5.14. The van der Waals surface area contributed by atoms with Crippen molar-refractivity contribution in [2.24, 2.45) is 0 Å². The largest absolute Gasteiger partial charge is 0.497 e. The molecule has 0 fully saturated rings. The van der Waals surface area contributed by atoms with Crippen LogP contribution in [-0.4, -0.2) is 28.0 Å². The molecule has 0 aromatic heterocycles. The number of nitrogens with zero attached hydrogens (tertiary/aromatic N) is 1. The summed E-state index contributed by atoms with van der Waals surface area (Å²) in [4.78, 5) is 12.8. The van der Waals surface area contributed by atoms with Gasteiger partial charge >= 0.3 is 0 Å². The molecule has 0 aliphatic carbocycles. The molecular weight excluding hydrogens is 459 g/mol. The molecule has 3 aromatic carbocycles. The minimum Gasteiger partial charge on any atom is -0.497 e. The summed E-state index contributed by atoms with van der Waals surface area (Å²) in [6, 6.07) is 17.4. The van der Waals surface area contributed by atoms with E-state index in [0.29, 0.717) is 22.1 Å². The molecule has 0 unspecified atom stereocenters. The first-order valence-electron chi connectivity index (χ1n) is 9.19. The molecule has 3 rings (SSSR count). The highest BCUT2D eigenvalue weighted by molar-refractivity contribution is 7.92. The van der Waals surface area contributed by atoms with E-state index >= 15 is 0 Å². The Morgan fingerprint density at radius 3 is 2.26 bits per heavy atom. The highest BCUT2D eigenvalue weighted by Crippen LogP contribution is 2.28. The second-order valence-electron chi connectivity index (χ2n) is 6.70. The number of amides is 1. The van der Waals surface area contributed by atoms with E-state index in [1.807, 2.05) is 6.92 Å². The quantitative estimate of drug-likeness (QED) is 0.509. The number of anilines is 2. The summed E-state index contributed by atoms with van der Waals surface area (Å²) < 4.78 is 32.9. The third kappa shape index (κ3) is 5.50. The number of hydrogen-bond donors (Lipinski definition) is 1. The molecule has 0 spiro atoms. The Kier molecular flexibility index (Phi) is 7.10. The first-order chi connectivity index (χ1) is 14.7. The molecule has 0 saturated heterocycles. The third-order valence-electron chi connectivity index (χ3n) is 4.46. The average molecular weight is 479 g/mol. The third-order valence-corrected chi connectivity index (χ3v) is 6.81. The van der Waals surface area contributed by atoms with E-state index in [2.05, 4.69) is 5.32 Å². The molecular formula is C22H20Cl2N2O4S. The van der Waals surface area contributed by atoms with Crippen LogP contribution in [0.4, 0.5) is 11.4 Å². The van der Waals surface area contributed by atoms with Crippen molar-refractivity contribution in [2.45, 2.75) is 11.8 Å². The van der Waals surface area contributed by atoms with Crippen molar-refractivity contribution < 1.29 is 17.9 Å². The van der Waals surface area contributed by atoms with Crippen molar-refractivity contribution in [1.29, 1.82) is 0 Å². The van der Waals surface area contributed by atoms with Gasteiger partial charge in [-0.15, -0.1) is 0 Å². The smallest absolute Gasteiger partial charge is 0.264 e. The van der Waals surface area contributed by atoms with Crippen LogP contribution in [0.3, 0.4) is 0 Å². The van der Waals surface area contributed by atoms with Gasteiger partial charge in [0.1, 0.15) is 12.3 Å². The minimum absolute atomic E-state index is 0.0301. The molecule has 0 aliphatic rings. The molecule has 9 heteroatoms. The van der Waals surface area contributed by atoms with Gasteiger partial charge in [-0.25, -0.2) is 8.42 Å². The van der Waals surface area contributed by atoms with E-state index < -0.39 is 22.5 Å². The zero-order chi connectivity index (χ0) is 22.6. The number of methoxy groups -OCH3 is 1. The summed E-state index contributed by atoms with van der Waals surface area (Å²) in [5.74, 6) is -0.0454. The lowest BCUT2D eigenvalue weighted by atomic mass is 10.2. The van der Waals surface area contributed by atoms with Gasteiger partial charge in [0.15, 0.2) is 0 Å². The van der Waals surface area contributed by atoms with Crippen LogP contribution in [0.25, 0.3) is 0 Å². The summed E-state index contributed by atoms with van der Waals surface area (Å²) in [6.45, 7) is 1.43. The van der Waals surface area contributed by atoms with E-state index in [1.165, 1.54) is 25.3 Å². The van der Waals surface area contributed by atoms with Crippen LogP contribution in [0.1, 0.15) is 5.56 Å². The summed E-state index contributed by atoms with van der Waals surface area (Å²) in [5, 5.41) is 3.30. The van der Waals surface area contributed by atoms with E-state index in [9.17, 15) is 13.2 Å². The summed E-state index contributed by atoms with van der Waals surface area (Å²) in [5.41, 5.74) is 1.61. The molecule has 0 bridgehead atoms. The van der Waals surface area contributed by atoms with Crippen LogP contribution < -0.4 is 14.4 Å². The Hall–Kier alpha value is -2.74. The predicted molar refractivity (Wildman–Crippen MR) is 124 cm³/mol. The second kappa shape index (κ2) is 9.60. The van der Waals surface area contributed by atoms with Crippen molar-refractivity contribution >= 4 is 50.5 Å². The minimum atomic E-state index is -4.04. The number of carbonyl (C=O) groups excluding carboxylic acids is 1. The number of benzene rings is 3. The van der Waals surface area contributed by atoms with Gasteiger partial charge in [0.2, 0.25) is 5.91 Å². The van der Waals surface area contributed by atoms with Gasteiger partial charge in [-0.1, -0.05) is 40.9 Å². The molecule has 162 valence electrons. The maximum atomic E-state index is 13.4. The average Bonchev–Trinajstić information content (AvgIpc) is 2.75. The van der Waals surface area contributed by atoms with Gasteiger partial charge in [-0.2, -0.15) is 0 Å². The number of aryl methyl sites for hydroxylation is 1. The van der Waals surface area contributed by atoms with Crippen LogP contribution in [0.15, 0.2) is 71.6 Å². The van der Waals surface area contributed by atoms with Crippen molar-refractivity contribution in [3.8, 4) is 5.75 Å². The number of ether oxygens (including phenoxy) is 1. The first-order valence-corrected chi connectivity index (χ1v) is 11.4. The normalized spacial score (nSPS) is 11.1. The van der Waals surface area contributed by atoms with Crippen molar-refractivity contribution in [1.82, 2.24) is 0 Å². The monoisotopic (exact) mass is 478 g/mol. The van der Waals surface area contributed by atoms with Gasteiger partial charge in [-0.05, 0) is 61.5 Å². The number of hydrogen-bond acceptors (Lipinski definition) is 4. The van der Waals surface area contributed by atoms with Gasteiger partial charge in [0, 0.05) is 5.02 Å². The van der Waals surface area contributed by atoms with Gasteiger partial charge in [0.25, 0.3) is 10.0 Å². The van der Waals surface area contributed by atoms with Gasteiger partial charge < -0.3 is 10.1 Å². The molecule has 1 amide bonds. The summed E-state index contributed by atoms with van der Waals surface area (Å²) >= 11 is 12.1. The molecule has 1 N–H and O–H groups in total. The summed E-state index contributed by atoms with van der Waals surface area (Å²) in [7, 11) is -2.55. The number of halogens is 2. The molecule has 6 nitrogen and oxygen atoms in total. The van der Waals surface area contributed by atoms with Crippen LogP contribution in [0.2, 0.25) is 10.0 Å². The number of sulfonamides is 1. The highest BCUT2D eigenvalue weighted by atomic mass is 35.5. The zero-order valence-electron chi connectivity index (χ0n) is 16.8. The number of carbonyl (C=O) groups is 1. The lowest BCUT2D eigenvalue weighted by Gasteiger charge is -2.24. The van der Waals surface area contributed by atoms with Crippen molar-refractivity contribution in [3.63, 3.8) is 0 Å². The SMILES string of the molecule is COc1ccc(S(=O)(=O)N(CC(=O)Nc2cc(Cl)ccc2Cl)c2ccc(C)cc2)cc1. The zero-order valence-corrected chi connectivity index (χ0v) is 19.1. The van der Waals surface area contributed by atoms with Crippen LogP contribution in [0, 0.1) is 6.92 Å². The standard InChI is InChI=1S/C22H20Cl2N2O4S/c1-15-3-6-17(7-4-15)26(31(28,29)19-10-8-18(30-2)9-11-19)14-22(27)25-21-13-16(23)5-12-20(21)24/h3-13H,14H2,1-2H3,(H,25,27). The molecule has 0 radical (unpaired) electrons. The Labute approximate surface area is 191 Å². The highest BCUT2D eigenvalue weighted by Gasteiger charge is 2.27. The maximum absolute atomic E-state index is 13.4. The topological polar surface area (TPSA) is 75.7 Å². The molecule has 0 aliphatic heterocycles. The fourth-order valence-corrected chi connectivity index (χ4v) is 4.57. The van der Waals surface area contributed by atoms with E-state index in [0.717, 1.165) is 9.87 Å². The molecule has 31 heavy (non-hydrogen) atoms. The van der Waals surface area contributed by atoms with Gasteiger partial charge in [-0.3, -0.25) is 9.10 Å². The number of nitrogens with one attached hydrogen (secondary N) is 1. The Morgan fingerprint density at radius 1 is 1.00 bits per heavy atom. The molecule has 3 aromatic rings.